The number of carbonyl (C=O) groups is 1. The summed E-state index contributed by atoms with van der Waals surface area (Å²) in [4.78, 5) is 18.2. The maximum absolute atomic E-state index is 12.6. The fraction of sp³-hybridized carbons (Fsp3) is 0.100. The van der Waals surface area contributed by atoms with Crippen LogP contribution < -0.4 is 4.90 Å². The molecule has 1 heterocycles. The van der Waals surface area contributed by atoms with Gasteiger partial charge in [-0.1, -0.05) is 54.6 Å². The molecule has 0 fully saturated rings. The van der Waals surface area contributed by atoms with Gasteiger partial charge in [-0.15, -0.1) is 0 Å². The molecule has 1 N–H and O–H groups in total. The van der Waals surface area contributed by atoms with Gasteiger partial charge in [0, 0.05) is 11.8 Å². The maximum atomic E-state index is 12.6. The van der Waals surface area contributed by atoms with Crippen LogP contribution in [0, 0.1) is 0 Å². The monoisotopic (exact) mass is 334 g/mol. The van der Waals surface area contributed by atoms with Crippen LogP contribution in [0.15, 0.2) is 79.0 Å². The molecule has 1 amide bonds. The summed E-state index contributed by atoms with van der Waals surface area (Å²) in [5.74, 6) is 0.586. The van der Waals surface area contributed by atoms with E-state index in [1.54, 1.807) is 48.7 Å². The molecule has 0 unspecified atom stereocenters. The van der Waals surface area contributed by atoms with Gasteiger partial charge >= 0.3 is 6.09 Å². The van der Waals surface area contributed by atoms with Crippen LogP contribution in [0.3, 0.4) is 0 Å². The van der Waals surface area contributed by atoms with Crippen LogP contribution in [-0.2, 0) is 17.9 Å². The van der Waals surface area contributed by atoms with Crippen LogP contribution >= 0.6 is 0 Å². The summed E-state index contributed by atoms with van der Waals surface area (Å²) < 4.78 is 5.42. The number of aromatic hydroxyl groups is 1. The van der Waals surface area contributed by atoms with Crippen molar-refractivity contribution in [1.82, 2.24) is 4.98 Å². The third-order valence-electron chi connectivity index (χ3n) is 3.67. The van der Waals surface area contributed by atoms with E-state index in [2.05, 4.69) is 4.98 Å². The molecule has 126 valence electrons. The minimum Gasteiger partial charge on any atom is -0.508 e. The van der Waals surface area contributed by atoms with Gasteiger partial charge in [0.1, 0.15) is 18.2 Å². The zero-order valence-electron chi connectivity index (χ0n) is 13.6. The number of nitrogens with zero attached hydrogens (tertiary/aromatic N) is 2. The van der Waals surface area contributed by atoms with Gasteiger partial charge < -0.3 is 9.84 Å². The smallest absolute Gasteiger partial charge is 0.416 e. The Morgan fingerprint density at radius 3 is 2.40 bits per heavy atom. The van der Waals surface area contributed by atoms with Crippen molar-refractivity contribution in [2.24, 2.45) is 0 Å². The van der Waals surface area contributed by atoms with Crippen LogP contribution in [0.25, 0.3) is 0 Å². The minimum absolute atomic E-state index is 0.124. The molecule has 0 aliphatic carbocycles. The lowest BCUT2D eigenvalue weighted by Crippen LogP contribution is -2.31. The Morgan fingerprint density at radius 2 is 1.68 bits per heavy atom. The number of rotatable bonds is 5. The summed E-state index contributed by atoms with van der Waals surface area (Å²) in [5, 5.41) is 10.00. The van der Waals surface area contributed by atoms with Crippen molar-refractivity contribution in [3.05, 3.63) is 90.1 Å². The molecule has 1 aromatic heterocycles. The van der Waals surface area contributed by atoms with Gasteiger partial charge in [0.05, 0.1) is 6.54 Å². The number of anilines is 1. The molecule has 5 heteroatoms. The Kier molecular flexibility index (Phi) is 5.26. The van der Waals surface area contributed by atoms with Crippen molar-refractivity contribution in [2.75, 3.05) is 4.90 Å². The Morgan fingerprint density at radius 1 is 0.960 bits per heavy atom. The fourth-order valence-corrected chi connectivity index (χ4v) is 2.36. The van der Waals surface area contributed by atoms with Crippen LogP contribution in [-0.4, -0.2) is 16.2 Å². The summed E-state index contributed by atoms with van der Waals surface area (Å²) in [6, 6.07) is 21.6. The predicted molar refractivity (Wildman–Crippen MR) is 95.2 cm³/mol. The first-order valence-electron chi connectivity index (χ1n) is 7.90. The highest BCUT2D eigenvalue weighted by Gasteiger charge is 2.20. The number of amides is 1. The zero-order valence-corrected chi connectivity index (χ0v) is 13.6. The lowest BCUT2D eigenvalue weighted by molar-refractivity contribution is 0.146. The second-order valence-electron chi connectivity index (χ2n) is 5.44. The Balaban J connectivity index is 1.78. The topological polar surface area (TPSA) is 62.7 Å². The zero-order chi connectivity index (χ0) is 17.5. The van der Waals surface area contributed by atoms with E-state index in [1.165, 1.54) is 4.90 Å². The molecule has 0 spiro atoms. The molecule has 0 saturated carbocycles. The highest BCUT2D eigenvalue weighted by Crippen LogP contribution is 2.22. The molecular formula is C20H18N2O3. The van der Waals surface area contributed by atoms with Gasteiger partial charge in [-0.25, -0.2) is 9.78 Å². The fourth-order valence-electron chi connectivity index (χ4n) is 2.36. The second-order valence-corrected chi connectivity index (χ2v) is 5.44. The van der Waals surface area contributed by atoms with E-state index in [0.29, 0.717) is 11.4 Å². The summed E-state index contributed by atoms with van der Waals surface area (Å²) in [6.07, 6.45) is 1.09. The number of hydrogen-bond acceptors (Lipinski definition) is 4. The Labute approximate surface area is 146 Å². The molecule has 3 rings (SSSR count). The van der Waals surface area contributed by atoms with Gasteiger partial charge in [0.15, 0.2) is 0 Å². The maximum Gasteiger partial charge on any atom is 0.416 e. The van der Waals surface area contributed by atoms with E-state index in [1.807, 2.05) is 30.3 Å². The number of phenolic OH excluding ortho intramolecular Hbond substituents is 1. The number of ether oxygens (including phenoxy) is 1. The van der Waals surface area contributed by atoms with Crippen molar-refractivity contribution < 1.29 is 14.6 Å². The normalized spacial score (nSPS) is 10.2. The minimum atomic E-state index is -0.522. The van der Waals surface area contributed by atoms with Gasteiger partial charge in [0.25, 0.3) is 0 Å². The molecule has 5 nitrogen and oxygen atoms in total. The SMILES string of the molecule is O=C(OCc1ccccc1)N(Cc1ccccc1O)c1ccccn1. The highest BCUT2D eigenvalue weighted by molar-refractivity contribution is 5.86. The van der Waals surface area contributed by atoms with Gasteiger partial charge in [-0.05, 0) is 23.8 Å². The van der Waals surface area contributed by atoms with Crippen LogP contribution in [0.1, 0.15) is 11.1 Å². The first kappa shape index (κ1) is 16.5. The van der Waals surface area contributed by atoms with E-state index in [-0.39, 0.29) is 18.9 Å². The third kappa shape index (κ3) is 4.35. The molecule has 3 aromatic rings. The largest absolute Gasteiger partial charge is 0.508 e. The molecule has 0 atom stereocenters. The lowest BCUT2D eigenvalue weighted by Gasteiger charge is -2.21. The van der Waals surface area contributed by atoms with Gasteiger partial charge in [-0.3, -0.25) is 4.90 Å². The molecule has 0 aliphatic heterocycles. The molecule has 0 radical (unpaired) electrons. The predicted octanol–water partition coefficient (Wildman–Crippen LogP) is 4.13. The molecule has 2 aromatic carbocycles. The van der Waals surface area contributed by atoms with Crippen molar-refractivity contribution >= 4 is 11.9 Å². The summed E-state index contributed by atoms with van der Waals surface area (Å²) >= 11 is 0. The third-order valence-corrected chi connectivity index (χ3v) is 3.67. The van der Waals surface area contributed by atoms with Gasteiger partial charge in [-0.2, -0.15) is 0 Å². The van der Waals surface area contributed by atoms with E-state index >= 15 is 0 Å². The highest BCUT2D eigenvalue weighted by atomic mass is 16.6. The van der Waals surface area contributed by atoms with Crippen molar-refractivity contribution in [2.45, 2.75) is 13.2 Å². The molecule has 0 aliphatic rings. The first-order chi connectivity index (χ1) is 12.2. The number of phenols is 1. The summed E-state index contributed by atoms with van der Waals surface area (Å²) in [6.45, 7) is 0.334. The molecule has 25 heavy (non-hydrogen) atoms. The molecule has 0 saturated heterocycles. The standard InChI is InChI=1S/C20H18N2O3/c23-18-11-5-4-10-17(18)14-22(19-12-6-7-13-21-19)20(24)25-15-16-8-2-1-3-9-16/h1-13,23H,14-15H2. The lowest BCUT2D eigenvalue weighted by atomic mass is 10.2. The average molecular weight is 334 g/mol. The van der Waals surface area contributed by atoms with Gasteiger partial charge in [0.2, 0.25) is 0 Å². The molecule has 0 bridgehead atoms. The second kappa shape index (κ2) is 7.97. The number of carbonyl (C=O) groups excluding carboxylic acids is 1. The van der Waals surface area contributed by atoms with E-state index in [4.69, 9.17) is 4.74 Å². The van der Waals surface area contributed by atoms with Crippen molar-refractivity contribution in [3.63, 3.8) is 0 Å². The summed E-state index contributed by atoms with van der Waals surface area (Å²) in [7, 11) is 0. The van der Waals surface area contributed by atoms with Crippen molar-refractivity contribution in [1.29, 1.82) is 0 Å². The van der Waals surface area contributed by atoms with E-state index in [0.717, 1.165) is 5.56 Å². The number of benzene rings is 2. The average Bonchev–Trinajstić information content (AvgIpc) is 2.67. The quantitative estimate of drug-likeness (QED) is 0.762. The van der Waals surface area contributed by atoms with Crippen LogP contribution in [0.2, 0.25) is 0 Å². The summed E-state index contributed by atoms with van der Waals surface area (Å²) in [5.41, 5.74) is 1.52. The van der Waals surface area contributed by atoms with Crippen LogP contribution in [0.5, 0.6) is 5.75 Å². The van der Waals surface area contributed by atoms with Crippen LogP contribution in [0.4, 0.5) is 10.6 Å². The van der Waals surface area contributed by atoms with E-state index in [9.17, 15) is 9.90 Å². The van der Waals surface area contributed by atoms with Crippen molar-refractivity contribution in [3.8, 4) is 5.75 Å². The number of hydrogen-bond donors (Lipinski definition) is 1. The Bertz CT molecular complexity index is 823. The molecular weight excluding hydrogens is 316 g/mol. The number of para-hydroxylation sites is 1. The first-order valence-corrected chi connectivity index (χ1v) is 7.90. The van der Waals surface area contributed by atoms with E-state index < -0.39 is 6.09 Å². The Hall–Kier alpha value is -3.34. The number of aromatic nitrogens is 1. The number of pyridine rings is 1.